The number of rotatable bonds is 10. The molecule has 36 heavy (non-hydrogen) atoms. The number of hydrogen-bond acceptors (Lipinski definition) is 4. The van der Waals surface area contributed by atoms with E-state index < -0.39 is 0 Å². The van der Waals surface area contributed by atoms with Gasteiger partial charge in [0, 0.05) is 23.5 Å². The van der Waals surface area contributed by atoms with Gasteiger partial charge in [-0.15, -0.1) is 17.8 Å². The van der Waals surface area contributed by atoms with Crippen molar-refractivity contribution in [1.29, 1.82) is 0 Å². The van der Waals surface area contributed by atoms with Gasteiger partial charge in [0.2, 0.25) is 0 Å². The van der Waals surface area contributed by atoms with Crippen LogP contribution in [0.15, 0.2) is 66.0 Å². The van der Waals surface area contributed by atoms with Gasteiger partial charge < -0.3 is 5.11 Å². The summed E-state index contributed by atoms with van der Waals surface area (Å²) < 4.78 is 0. The fourth-order valence-corrected chi connectivity index (χ4v) is 5.66. The second-order valence-corrected chi connectivity index (χ2v) is 10.9. The van der Waals surface area contributed by atoms with E-state index in [2.05, 4.69) is 84.5 Å². The molecule has 1 aromatic heterocycles. The number of phenolic OH excluding ortho intramolecular Hbond substituents is 1. The standard InChI is InChI=1S/C19H25NOS.C13H17N/c1-2-11-20(12-10-17-6-4-13-22-17)16-8-9-18-15(14-16)5-3-7-19(18)21;1-4-10-14(3)12(2)11-13-8-6-5-7-9-13/h3-7,13,16,21H,2,8-12,14H2,1H3;1,5-9,12H,10-11H2,2-3H3/t16-;12-/m01/s1. The Kier molecular flexibility index (Phi) is 11.6. The Balaban J connectivity index is 0.000000223. The first-order valence-corrected chi connectivity index (χ1v) is 14.1. The summed E-state index contributed by atoms with van der Waals surface area (Å²) in [4.78, 5) is 6.33. The Bertz CT molecular complexity index is 1060. The van der Waals surface area contributed by atoms with Gasteiger partial charge in [0.25, 0.3) is 0 Å². The van der Waals surface area contributed by atoms with Crippen molar-refractivity contribution in [2.75, 3.05) is 26.7 Å². The number of thiophene rings is 1. The molecule has 0 radical (unpaired) electrons. The maximum Gasteiger partial charge on any atom is 0.119 e. The Hall–Kier alpha value is -2.58. The van der Waals surface area contributed by atoms with E-state index in [9.17, 15) is 5.11 Å². The highest BCUT2D eigenvalue weighted by atomic mass is 32.1. The monoisotopic (exact) mass is 502 g/mol. The molecule has 0 unspecified atom stereocenters. The van der Waals surface area contributed by atoms with Crippen molar-refractivity contribution >= 4 is 11.3 Å². The van der Waals surface area contributed by atoms with Crippen molar-refractivity contribution in [2.24, 2.45) is 0 Å². The second-order valence-electron chi connectivity index (χ2n) is 9.83. The summed E-state index contributed by atoms with van der Waals surface area (Å²) in [7, 11) is 2.06. The predicted molar refractivity (Wildman–Crippen MR) is 155 cm³/mol. The largest absolute Gasteiger partial charge is 0.508 e. The first kappa shape index (κ1) is 28.0. The van der Waals surface area contributed by atoms with Gasteiger partial charge in [-0.3, -0.25) is 9.80 Å². The number of hydrogen-bond donors (Lipinski definition) is 1. The summed E-state index contributed by atoms with van der Waals surface area (Å²) >= 11 is 1.86. The van der Waals surface area contributed by atoms with Gasteiger partial charge in [0.1, 0.15) is 5.75 Å². The highest BCUT2D eigenvalue weighted by Gasteiger charge is 2.25. The van der Waals surface area contributed by atoms with Crippen molar-refractivity contribution in [1.82, 2.24) is 9.80 Å². The topological polar surface area (TPSA) is 26.7 Å². The van der Waals surface area contributed by atoms with E-state index in [0.29, 0.717) is 24.4 Å². The van der Waals surface area contributed by atoms with Gasteiger partial charge in [0.05, 0.1) is 6.54 Å². The van der Waals surface area contributed by atoms with Crippen molar-refractivity contribution in [2.45, 2.75) is 64.5 Å². The summed E-state index contributed by atoms with van der Waals surface area (Å²) in [5, 5.41) is 12.2. The Morgan fingerprint density at radius 1 is 1.08 bits per heavy atom. The molecule has 2 atom stereocenters. The Morgan fingerprint density at radius 2 is 1.89 bits per heavy atom. The minimum absolute atomic E-state index is 0.483. The molecule has 1 aliphatic rings. The van der Waals surface area contributed by atoms with Crippen LogP contribution in [0.3, 0.4) is 0 Å². The maximum absolute atomic E-state index is 10.0. The van der Waals surface area contributed by atoms with E-state index in [1.807, 2.05) is 29.5 Å². The lowest BCUT2D eigenvalue weighted by atomic mass is 9.86. The number of terminal acetylenes is 1. The molecule has 0 saturated carbocycles. The lowest BCUT2D eigenvalue weighted by molar-refractivity contribution is 0.181. The van der Waals surface area contributed by atoms with Crippen molar-refractivity contribution in [3.8, 4) is 18.1 Å². The maximum atomic E-state index is 10.0. The minimum atomic E-state index is 0.483. The lowest BCUT2D eigenvalue weighted by Crippen LogP contribution is -2.41. The fraction of sp³-hybridized carbons (Fsp3) is 0.438. The molecule has 4 rings (SSSR count). The van der Waals surface area contributed by atoms with E-state index >= 15 is 0 Å². The third-order valence-electron chi connectivity index (χ3n) is 7.15. The van der Waals surface area contributed by atoms with Gasteiger partial charge in [-0.05, 0) is 93.2 Å². The average Bonchev–Trinajstić information content (AvgIpc) is 3.41. The number of aromatic hydroxyl groups is 1. The molecule has 0 bridgehead atoms. The zero-order valence-electron chi connectivity index (χ0n) is 22.2. The number of likely N-dealkylation sites (N-methyl/N-ethyl adjacent to an activating group) is 1. The van der Waals surface area contributed by atoms with Crippen LogP contribution in [0.25, 0.3) is 0 Å². The average molecular weight is 503 g/mol. The number of nitrogens with zero attached hydrogens (tertiary/aromatic N) is 2. The number of phenols is 1. The van der Waals surface area contributed by atoms with Crippen LogP contribution in [-0.2, 0) is 25.7 Å². The van der Waals surface area contributed by atoms with Crippen LogP contribution in [0.5, 0.6) is 5.75 Å². The summed E-state index contributed by atoms with van der Waals surface area (Å²) in [6.45, 7) is 7.50. The SMILES string of the molecule is C#CCN(C)[C@H](C)Cc1ccccc1.CCCN(CCc1cccs1)[C@H]1CCc2c(O)cccc2C1. The van der Waals surface area contributed by atoms with Gasteiger partial charge in [-0.1, -0.05) is 61.4 Å². The van der Waals surface area contributed by atoms with Crippen LogP contribution in [0.4, 0.5) is 0 Å². The van der Waals surface area contributed by atoms with Crippen LogP contribution in [0.1, 0.15) is 48.3 Å². The summed E-state index contributed by atoms with van der Waals surface area (Å²) in [6, 6.07) is 22.0. The molecule has 3 aromatic rings. The van der Waals surface area contributed by atoms with Crippen molar-refractivity contribution < 1.29 is 5.11 Å². The highest BCUT2D eigenvalue weighted by Crippen LogP contribution is 2.30. The van der Waals surface area contributed by atoms with E-state index in [4.69, 9.17) is 6.42 Å². The molecule has 3 nitrogen and oxygen atoms in total. The molecular formula is C32H42N2OS. The molecule has 1 heterocycles. The summed E-state index contributed by atoms with van der Waals surface area (Å²) in [5.41, 5.74) is 3.88. The van der Waals surface area contributed by atoms with E-state index in [0.717, 1.165) is 38.6 Å². The molecule has 2 aromatic carbocycles. The molecule has 4 heteroatoms. The summed E-state index contributed by atoms with van der Waals surface area (Å²) in [6.07, 6.45) is 11.9. The quantitative estimate of drug-likeness (QED) is 0.323. The van der Waals surface area contributed by atoms with Crippen LogP contribution in [0, 0.1) is 12.3 Å². The minimum Gasteiger partial charge on any atom is -0.508 e. The Labute approximate surface area is 222 Å². The molecule has 1 N–H and O–H groups in total. The fourth-order valence-electron chi connectivity index (χ4n) is 4.96. The van der Waals surface area contributed by atoms with E-state index in [1.54, 1.807) is 0 Å². The predicted octanol–water partition coefficient (Wildman–Crippen LogP) is 6.45. The van der Waals surface area contributed by atoms with Gasteiger partial charge in [0.15, 0.2) is 0 Å². The summed E-state index contributed by atoms with van der Waals surface area (Å²) in [5.74, 6) is 3.14. The first-order valence-electron chi connectivity index (χ1n) is 13.3. The van der Waals surface area contributed by atoms with Crippen LogP contribution >= 0.6 is 11.3 Å². The van der Waals surface area contributed by atoms with Gasteiger partial charge in [-0.25, -0.2) is 0 Å². The zero-order valence-corrected chi connectivity index (χ0v) is 23.0. The van der Waals surface area contributed by atoms with Gasteiger partial charge >= 0.3 is 0 Å². The van der Waals surface area contributed by atoms with Crippen LogP contribution in [0.2, 0.25) is 0 Å². The van der Waals surface area contributed by atoms with Crippen LogP contribution < -0.4 is 0 Å². The normalized spacial score (nSPS) is 15.6. The smallest absolute Gasteiger partial charge is 0.119 e. The van der Waals surface area contributed by atoms with Crippen molar-refractivity contribution in [3.05, 3.63) is 87.6 Å². The van der Waals surface area contributed by atoms with Crippen molar-refractivity contribution in [3.63, 3.8) is 0 Å². The third-order valence-corrected chi connectivity index (χ3v) is 8.09. The Morgan fingerprint density at radius 3 is 2.58 bits per heavy atom. The molecular weight excluding hydrogens is 460 g/mol. The number of benzene rings is 2. The van der Waals surface area contributed by atoms with E-state index in [-0.39, 0.29) is 0 Å². The molecule has 0 aliphatic heterocycles. The zero-order chi connectivity index (χ0) is 25.8. The van der Waals surface area contributed by atoms with Crippen LogP contribution in [-0.4, -0.2) is 53.7 Å². The molecule has 0 fully saturated rings. The molecule has 0 amide bonds. The lowest BCUT2D eigenvalue weighted by Gasteiger charge is -2.35. The highest BCUT2D eigenvalue weighted by molar-refractivity contribution is 7.09. The third kappa shape index (κ3) is 8.52. The number of fused-ring (bicyclic) bond motifs is 1. The first-order chi connectivity index (χ1) is 17.5. The second kappa shape index (κ2) is 14.9. The molecule has 0 spiro atoms. The molecule has 1 aliphatic carbocycles. The van der Waals surface area contributed by atoms with Gasteiger partial charge in [-0.2, -0.15) is 0 Å². The molecule has 192 valence electrons. The van der Waals surface area contributed by atoms with E-state index in [1.165, 1.54) is 34.5 Å². The molecule has 0 saturated heterocycles.